The molecule has 0 aliphatic rings. The molecule has 1 rings (SSSR count). The number of hydrogen-bond donors (Lipinski definition) is 1. The lowest BCUT2D eigenvalue weighted by molar-refractivity contribution is -0.0979. The molecule has 2 nitrogen and oxygen atoms in total. The van der Waals surface area contributed by atoms with E-state index in [1.807, 2.05) is 20.6 Å². The molecule has 0 unspecified atom stereocenters. The second-order valence-electron chi connectivity index (χ2n) is 2.15. The molecule has 0 heterocycles. The molecule has 82 valence electrons. The van der Waals surface area contributed by atoms with Gasteiger partial charge in [-0.25, -0.2) is 0 Å². The number of aliphatic hydroxyl groups is 1. The topological polar surface area (TPSA) is 37.3 Å². The number of hydrogen-bond acceptors (Lipinski definition) is 2. The molecule has 0 aliphatic heterocycles. The van der Waals surface area contributed by atoms with Gasteiger partial charge in [-0.15, -0.1) is 0 Å². The molecule has 1 N–H and O–H groups in total. The highest BCUT2D eigenvalue weighted by Gasteiger charge is 1.79. The molecule has 0 saturated heterocycles. The van der Waals surface area contributed by atoms with Crippen LogP contribution in [-0.2, 0) is 4.79 Å². The van der Waals surface area contributed by atoms with E-state index in [1.165, 1.54) is 11.1 Å². The van der Waals surface area contributed by atoms with E-state index in [9.17, 15) is 0 Å². The van der Waals surface area contributed by atoms with Crippen molar-refractivity contribution >= 4 is 6.79 Å². The molecule has 0 aromatic heterocycles. The van der Waals surface area contributed by atoms with Crippen molar-refractivity contribution in [1.82, 2.24) is 0 Å². The van der Waals surface area contributed by atoms with E-state index in [2.05, 4.69) is 38.1 Å². The van der Waals surface area contributed by atoms with Gasteiger partial charge < -0.3 is 9.90 Å². The van der Waals surface area contributed by atoms with Gasteiger partial charge in [0, 0.05) is 7.11 Å². The second-order valence-corrected chi connectivity index (χ2v) is 2.15. The Bertz CT molecular complexity index is 159. The summed E-state index contributed by atoms with van der Waals surface area (Å²) < 4.78 is 0. The number of benzene rings is 1. The van der Waals surface area contributed by atoms with E-state index in [0.717, 1.165) is 7.11 Å². The number of carbonyl (C=O) groups is 1. The van der Waals surface area contributed by atoms with Crippen LogP contribution in [0, 0.1) is 13.8 Å². The molecular weight excluding hydrogens is 176 g/mol. The van der Waals surface area contributed by atoms with E-state index < -0.39 is 0 Å². The summed E-state index contributed by atoms with van der Waals surface area (Å²) in [5.74, 6) is 0. The van der Waals surface area contributed by atoms with E-state index >= 15 is 0 Å². The molecule has 2 heteroatoms. The van der Waals surface area contributed by atoms with Crippen LogP contribution in [0.25, 0.3) is 0 Å². The minimum atomic E-state index is 1.00. The highest BCUT2D eigenvalue weighted by atomic mass is 16.2. The largest absolute Gasteiger partial charge is 0.400 e. The molecular formula is C12H22O2. The Balaban J connectivity index is -0.000000174. The molecule has 0 spiro atoms. The number of carbonyl (C=O) groups excluding carboxylic acids is 1. The van der Waals surface area contributed by atoms with Gasteiger partial charge in [-0.05, 0) is 13.8 Å². The Morgan fingerprint density at radius 2 is 1.00 bits per heavy atom. The van der Waals surface area contributed by atoms with Crippen molar-refractivity contribution in [3.05, 3.63) is 35.4 Å². The number of aliphatic hydroxyl groups excluding tert-OH is 1. The standard InChI is InChI=1S/C8H10.C2H6.CH4O.CH2O/c1-7-3-5-8(2)6-4-7;3*1-2/h3-6H,1-2H3;1-2H3;2H,1H3;1H2. The Labute approximate surface area is 87.6 Å². The predicted octanol–water partition coefficient (Wildman–Crippen LogP) is 2.75. The summed E-state index contributed by atoms with van der Waals surface area (Å²) >= 11 is 0. The summed E-state index contributed by atoms with van der Waals surface area (Å²) in [5.41, 5.74) is 2.66. The molecule has 0 atom stereocenters. The molecule has 0 aliphatic carbocycles. The average molecular weight is 198 g/mol. The Morgan fingerprint density at radius 1 is 0.857 bits per heavy atom. The number of aryl methyl sites for hydroxylation is 2. The lowest BCUT2D eigenvalue weighted by atomic mass is 10.2. The van der Waals surface area contributed by atoms with Gasteiger partial charge in [-0.3, -0.25) is 0 Å². The van der Waals surface area contributed by atoms with Crippen molar-refractivity contribution in [1.29, 1.82) is 0 Å². The van der Waals surface area contributed by atoms with Crippen molar-refractivity contribution in [2.24, 2.45) is 0 Å². The highest BCUT2D eigenvalue weighted by molar-refractivity contribution is 5.19. The van der Waals surface area contributed by atoms with Crippen molar-refractivity contribution in [3.63, 3.8) is 0 Å². The van der Waals surface area contributed by atoms with Gasteiger partial charge in [0.25, 0.3) is 0 Å². The van der Waals surface area contributed by atoms with Crippen molar-refractivity contribution in [3.8, 4) is 0 Å². The SMILES string of the molecule is C=O.CC.CO.Cc1ccc(C)cc1. The van der Waals surface area contributed by atoms with Crippen LogP contribution in [0.4, 0.5) is 0 Å². The lowest BCUT2D eigenvalue weighted by Crippen LogP contribution is -1.70. The molecule has 0 bridgehead atoms. The molecule has 1 aromatic rings. The van der Waals surface area contributed by atoms with Crippen LogP contribution in [0.1, 0.15) is 25.0 Å². The molecule has 1 aromatic carbocycles. The van der Waals surface area contributed by atoms with Crippen molar-refractivity contribution in [2.45, 2.75) is 27.7 Å². The molecule has 0 amide bonds. The maximum atomic E-state index is 8.00. The van der Waals surface area contributed by atoms with Crippen molar-refractivity contribution in [2.75, 3.05) is 7.11 Å². The van der Waals surface area contributed by atoms with Gasteiger partial charge in [-0.1, -0.05) is 49.2 Å². The monoisotopic (exact) mass is 198 g/mol. The fraction of sp³-hybridized carbons (Fsp3) is 0.417. The van der Waals surface area contributed by atoms with E-state index in [1.54, 1.807) is 0 Å². The van der Waals surface area contributed by atoms with Crippen LogP contribution in [0.2, 0.25) is 0 Å². The highest BCUT2D eigenvalue weighted by Crippen LogP contribution is 1.99. The van der Waals surface area contributed by atoms with E-state index in [4.69, 9.17) is 9.90 Å². The zero-order valence-electron chi connectivity index (χ0n) is 9.87. The third-order valence-electron chi connectivity index (χ3n) is 1.22. The summed E-state index contributed by atoms with van der Waals surface area (Å²) in [6, 6.07) is 8.48. The zero-order chi connectivity index (χ0) is 12.0. The fourth-order valence-electron chi connectivity index (χ4n) is 0.637. The maximum Gasteiger partial charge on any atom is 0.106 e. The average Bonchev–Trinajstić information content (AvgIpc) is 2.31. The van der Waals surface area contributed by atoms with Gasteiger partial charge >= 0.3 is 0 Å². The summed E-state index contributed by atoms with van der Waals surface area (Å²) in [7, 11) is 1.00. The molecule has 0 radical (unpaired) electrons. The quantitative estimate of drug-likeness (QED) is 0.696. The van der Waals surface area contributed by atoms with Crippen LogP contribution < -0.4 is 0 Å². The minimum Gasteiger partial charge on any atom is -0.400 e. The van der Waals surface area contributed by atoms with Crippen LogP contribution in [0.3, 0.4) is 0 Å². The molecule has 14 heavy (non-hydrogen) atoms. The first-order chi connectivity index (χ1) is 6.79. The van der Waals surface area contributed by atoms with Gasteiger partial charge in [0.15, 0.2) is 0 Å². The first kappa shape index (κ1) is 18.6. The Kier molecular flexibility index (Phi) is 23.7. The zero-order valence-corrected chi connectivity index (χ0v) is 9.87. The first-order valence-corrected chi connectivity index (χ1v) is 4.56. The van der Waals surface area contributed by atoms with Crippen LogP contribution in [0.5, 0.6) is 0 Å². The molecule has 0 fully saturated rings. The maximum absolute atomic E-state index is 8.00. The summed E-state index contributed by atoms with van der Waals surface area (Å²) in [6.07, 6.45) is 0. The van der Waals surface area contributed by atoms with Crippen LogP contribution in [-0.4, -0.2) is 19.0 Å². The van der Waals surface area contributed by atoms with Gasteiger partial charge in [0.2, 0.25) is 0 Å². The number of rotatable bonds is 0. The third-order valence-corrected chi connectivity index (χ3v) is 1.22. The van der Waals surface area contributed by atoms with Gasteiger partial charge in [0.1, 0.15) is 6.79 Å². The summed E-state index contributed by atoms with van der Waals surface area (Å²) in [5, 5.41) is 7.00. The smallest absolute Gasteiger partial charge is 0.106 e. The first-order valence-electron chi connectivity index (χ1n) is 4.56. The normalized spacial score (nSPS) is 6.43. The summed E-state index contributed by atoms with van der Waals surface area (Å²) in [4.78, 5) is 8.00. The van der Waals surface area contributed by atoms with E-state index in [0.29, 0.717) is 0 Å². The van der Waals surface area contributed by atoms with Crippen LogP contribution in [0.15, 0.2) is 24.3 Å². The van der Waals surface area contributed by atoms with E-state index in [-0.39, 0.29) is 0 Å². The molecule has 0 saturated carbocycles. The predicted molar refractivity (Wildman–Crippen MR) is 62.5 cm³/mol. The van der Waals surface area contributed by atoms with Crippen molar-refractivity contribution < 1.29 is 9.90 Å². The van der Waals surface area contributed by atoms with Crippen LogP contribution >= 0.6 is 0 Å². The summed E-state index contributed by atoms with van der Waals surface area (Å²) in [6.45, 7) is 10.2. The Morgan fingerprint density at radius 3 is 1.14 bits per heavy atom. The van der Waals surface area contributed by atoms with Gasteiger partial charge in [0.05, 0.1) is 0 Å². The third kappa shape index (κ3) is 13.4. The lowest BCUT2D eigenvalue weighted by Gasteiger charge is -1.90. The Hall–Kier alpha value is -1.15. The fourth-order valence-corrected chi connectivity index (χ4v) is 0.637. The van der Waals surface area contributed by atoms with Gasteiger partial charge in [-0.2, -0.15) is 0 Å². The minimum absolute atomic E-state index is 1.00. The second kappa shape index (κ2) is 17.8.